The molecule has 0 aliphatic rings. The van der Waals surface area contributed by atoms with Crippen LogP contribution in [0.25, 0.3) is 28.2 Å². The third-order valence-electron chi connectivity index (χ3n) is 5.47. The van der Waals surface area contributed by atoms with E-state index in [1.54, 1.807) is 24.3 Å². The van der Waals surface area contributed by atoms with E-state index in [1.807, 2.05) is 48.7 Å². The summed E-state index contributed by atoms with van der Waals surface area (Å²) in [6, 6.07) is 14.1. The van der Waals surface area contributed by atoms with E-state index in [-0.39, 0.29) is 11.1 Å². The highest BCUT2D eigenvalue weighted by Crippen LogP contribution is 2.30. The number of benzene rings is 2. The first-order valence-corrected chi connectivity index (χ1v) is 10.0. The van der Waals surface area contributed by atoms with Gasteiger partial charge in [-0.3, -0.25) is 4.40 Å². The van der Waals surface area contributed by atoms with Crippen LogP contribution in [0.15, 0.2) is 54.7 Å². The summed E-state index contributed by atoms with van der Waals surface area (Å²) in [5, 5.41) is 27.7. The van der Waals surface area contributed by atoms with Crippen molar-refractivity contribution >= 4 is 17.6 Å². The average Bonchev–Trinajstić information content (AvgIpc) is 3.20. The van der Waals surface area contributed by atoms with Gasteiger partial charge in [-0.25, -0.2) is 9.59 Å². The van der Waals surface area contributed by atoms with Crippen LogP contribution in [0.1, 0.15) is 45.7 Å². The monoisotopic (exact) mass is 415 g/mol. The lowest BCUT2D eigenvalue weighted by Gasteiger charge is -2.13. The second-order valence-corrected chi connectivity index (χ2v) is 7.15. The number of fused-ring (bicyclic) bond motifs is 1. The lowest BCUT2D eigenvalue weighted by molar-refractivity contribution is 0.0685. The van der Waals surface area contributed by atoms with Crippen molar-refractivity contribution in [2.75, 3.05) is 0 Å². The number of aromatic nitrogens is 3. The Morgan fingerprint density at radius 3 is 1.97 bits per heavy atom. The van der Waals surface area contributed by atoms with E-state index in [1.165, 1.54) is 0 Å². The molecule has 7 nitrogen and oxygen atoms in total. The molecular weight excluding hydrogens is 394 g/mol. The summed E-state index contributed by atoms with van der Waals surface area (Å²) in [7, 11) is 0. The van der Waals surface area contributed by atoms with Crippen molar-refractivity contribution in [1.82, 2.24) is 14.6 Å². The third kappa shape index (κ3) is 3.44. The molecule has 4 rings (SSSR count). The van der Waals surface area contributed by atoms with Crippen LogP contribution in [0.4, 0.5) is 0 Å². The Kier molecular flexibility index (Phi) is 5.25. The number of nitrogens with zero attached hydrogens (tertiary/aromatic N) is 3. The summed E-state index contributed by atoms with van der Waals surface area (Å²) in [6.45, 7) is 3.84. The summed E-state index contributed by atoms with van der Waals surface area (Å²) in [5.41, 5.74) is 4.97. The van der Waals surface area contributed by atoms with Crippen LogP contribution in [-0.4, -0.2) is 36.7 Å². The van der Waals surface area contributed by atoms with E-state index >= 15 is 0 Å². The minimum atomic E-state index is -0.980. The molecule has 0 atom stereocenters. The van der Waals surface area contributed by atoms with Crippen LogP contribution in [0.3, 0.4) is 0 Å². The van der Waals surface area contributed by atoms with Gasteiger partial charge in [-0.2, -0.15) is 0 Å². The number of pyridine rings is 1. The van der Waals surface area contributed by atoms with Gasteiger partial charge in [0.1, 0.15) is 0 Å². The summed E-state index contributed by atoms with van der Waals surface area (Å²) < 4.78 is 1.82. The zero-order valence-corrected chi connectivity index (χ0v) is 17.2. The number of rotatable bonds is 6. The Hall–Kier alpha value is -4.00. The quantitative estimate of drug-likeness (QED) is 0.477. The minimum Gasteiger partial charge on any atom is -0.478 e. The van der Waals surface area contributed by atoms with E-state index in [2.05, 4.69) is 10.2 Å². The maximum absolute atomic E-state index is 11.7. The molecule has 0 saturated heterocycles. The summed E-state index contributed by atoms with van der Waals surface area (Å²) in [4.78, 5) is 23.3. The van der Waals surface area contributed by atoms with Crippen molar-refractivity contribution in [3.8, 4) is 22.5 Å². The van der Waals surface area contributed by atoms with Crippen LogP contribution in [0, 0.1) is 0 Å². The van der Waals surface area contributed by atoms with Gasteiger partial charge in [-0.15, -0.1) is 10.2 Å². The van der Waals surface area contributed by atoms with E-state index in [9.17, 15) is 19.8 Å². The maximum atomic E-state index is 11.7. The number of carboxylic acid groups (broad SMARTS) is 2. The van der Waals surface area contributed by atoms with Crippen molar-refractivity contribution in [3.05, 3.63) is 77.0 Å². The highest BCUT2D eigenvalue weighted by Gasteiger charge is 2.19. The third-order valence-corrected chi connectivity index (χ3v) is 5.47. The smallest absolute Gasteiger partial charge is 0.335 e. The van der Waals surface area contributed by atoms with E-state index in [0.29, 0.717) is 35.4 Å². The molecule has 0 amide bonds. The second kappa shape index (κ2) is 8.02. The predicted molar refractivity (Wildman–Crippen MR) is 117 cm³/mol. The SMILES string of the molecule is CCc1c(C(=O)O)cccc1-c1ccc2nnc(-c3cccc(C(=O)O)c3CC)n2c1. The zero-order valence-electron chi connectivity index (χ0n) is 17.2. The molecule has 31 heavy (non-hydrogen) atoms. The van der Waals surface area contributed by atoms with Crippen LogP contribution >= 0.6 is 0 Å². The van der Waals surface area contributed by atoms with Crippen molar-refractivity contribution in [3.63, 3.8) is 0 Å². The molecule has 0 aliphatic heterocycles. The van der Waals surface area contributed by atoms with Gasteiger partial charge in [0.15, 0.2) is 11.5 Å². The van der Waals surface area contributed by atoms with Crippen LogP contribution < -0.4 is 0 Å². The number of hydrogen-bond donors (Lipinski definition) is 2. The molecule has 2 N–H and O–H groups in total. The Morgan fingerprint density at radius 2 is 1.39 bits per heavy atom. The van der Waals surface area contributed by atoms with Crippen LogP contribution in [-0.2, 0) is 12.8 Å². The molecule has 0 fully saturated rings. The first-order valence-electron chi connectivity index (χ1n) is 10.0. The maximum Gasteiger partial charge on any atom is 0.335 e. The topological polar surface area (TPSA) is 105 Å². The number of hydrogen-bond acceptors (Lipinski definition) is 4. The largest absolute Gasteiger partial charge is 0.478 e. The first kappa shape index (κ1) is 20.3. The molecule has 2 aromatic carbocycles. The summed E-state index contributed by atoms with van der Waals surface area (Å²) >= 11 is 0. The van der Waals surface area contributed by atoms with Gasteiger partial charge >= 0.3 is 11.9 Å². The van der Waals surface area contributed by atoms with E-state index in [4.69, 9.17) is 0 Å². The van der Waals surface area contributed by atoms with Gasteiger partial charge in [0.25, 0.3) is 0 Å². The molecule has 0 bridgehead atoms. The number of carboxylic acids is 2. The van der Waals surface area contributed by atoms with Gasteiger partial charge in [-0.1, -0.05) is 38.1 Å². The fraction of sp³-hybridized carbons (Fsp3) is 0.167. The Balaban J connectivity index is 1.94. The van der Waals surface area contributed by atoms with E-state index in [0.717, 1.165) is 16.7 Å². The van der Waals surface area contributed by atoms with Crippen molar-refractivity contribution < 1.29 is 19.8 Å². The molecule has 0 saturated carbocycles. The summed E-state index contributed by atoms with van der Waals surface area (Å²) in [5.74, 6) is -1.39. The highest BCUT2D eigenvalue weighted by molar-refractivity contribution is 5.93. The molecule has 0 unspecified atom stereocenters. The van der Waals surface area contributed by atoms with Gasteiger partial charge in [0.2, 0.25) is 0 Å². The molecule has 0 radical (unpaired) electrons. The first-order chi connectivity index (χ1) is 15.0. The Labute approximate surface area is 178 Å². The fourth-order valence-corrected chi connectivity index (χ4v) is 4.05. The molecule has 0 aliphatic carbocycles. The average molecular weight is 415 g/mol. The molecule has 156 valence electrons. The molecule has 4 aromatic rings. The van der Waals surface area contributed by atoms with Crippen molar-refractivity contribution in [2.45, 2.75) is 26.7 Å². The van der Waals surface area contributed by atoms with Gasteiger partial charge in [-0.05, 0) is 59.4 Å². The van der Waals surface area contributed by atoms with Crippen LogP contribution in [0.2, 0.25) is 0 Å². The molecule has 2 aromatic heterocycles. The lowest BCUT2D eigenvalue weighted by atomic mass is 9.94. The van der Waals surface area contributed by atoms with Gasteiger partial charge in [0, 0.05) is 11.8 Å². The molecule has 7 heteroatoms. The Morgan fingerprint density at radius 1 is 0.806 bits per heavy atom. The van der Waals surface area contributed by atoms with E-state index < -0.39 is 11.9 Å². The fourth-order valence-electron chi connectivity index (χ4n) is 4.05. The molecule has 2 heterocycles. The van der Waals surface area contributed by atoms with Gasteiger partial charge in [0.05, 0.1) is 11.1 Å². The highest BCUT2D eigenvalue weighted by atomic mass is 16.4. The summed E-state index contributed by atoms with van der Waals surface area (Å²) in [6.07, 6.45) is 2.98. The molecule has 0 spiro atoms. The number of aromatic carboxylic acids is 2. The standard InChI is InChI=1S/C24H21N3O4/c1-3-15-17(7-5-9-19(15)23(28)29)14-11-12-21-25-26-22(27(21)13-14)18-8-6-10-20(24(30)31)16(18)4-2/h5-13H,3-4H2,1-2H3,(H,28,29)(H,30,31). The van der Waals surface area contributed by atoms with Crippen molar-refractivity contribution in [1.29, 1.82) is 0 Å². The molecular formula is C24H21N3O4. The normalized spacial score (nSPS) is 11.0. The lowest BCUT2D eigenvalue weighted by Crippen LogP contribution is -2.05. The number of carbonyl (C=O) groups is 2. The van der Waals surface area contributed by atoms with Crippen molar-refractivity contribution in [2.24, 2.45) is 0 Å². The predicted octanol–water partition coefficient (Wildman–Crippen LogP) is 4.58. The minimum absolute atomic E-state index is 0.246. The van der Waals surface area contributed by atoms with Gasteiger partial charge < -0.3 is 10.2 Å². The Bertz CT molecular complexity index is 1320. The van der Waals surface area contributed by atoms with Crippen LogP contribution in [0.5, 0.6) is 0 Å². The zero-order chi connectivity index (χ0) is 22.1. The second-order valence-electron chi connectivity index (χ2n) is 7.15.